The Morgan fingerprint density at radius 3 is 2.66 bits per heavy atom. The Balaban J connectivity index is 1.47. The molecule has 0 bridgehead atoms. The van der Waals surface area contributed by atoms with Gasteiger partial charge in [-0.3, -0.25) is 9.59 Å². The molecule has 2 heterocycles. The number of aryl methyl sites for hydroxylation is 1. The number of morpholine rings is 1. The van der Waals surface area contributed by atoms with Gasteiger partial charge in [0.1, 0.15) is 0 Å². The summed E-state index contributed by atoms with van der Waals surface area (Å²) in [6.45, 7) is 3.97. The number of ether oxygens (including phenoxy) is 1. The predicted molar refractivity (Wildman–Crippen MR) is 109 cm³/mol. The number of hydrogen-bond acceptors (Lipinski definition) is 4. The number of nitrogens with zero attached hydrogens (tertiary/aromatic N) is 2. The van der Waals surface area contributed by atoms with E-state index >= 15 is 0 Å². The quantitative estimate of drug-likeness (QED) is 0.776. The van der Waals surface area contributed by atoms with Gasteiger partial charge in [0.15, 0.2) is 5.76 Å². The molecule has 4 rings (SSSR count). The summed E-state index contributed by atoms with van der Waals surface area (Å²) < 4.78 is 11.3. The van der Waals surface area contributed by atoms with E-state index < -0.39 is 0 Å². The Labute approximate surface area is 171 Å². The van der Waals surface area contributed by atoms with Crippen molar-refractivity contribution >= 4 is 11.8 Å². The molecule has 1 saturated heterocycles. The van der Waals surface area contributed by atoms with Crippen molar-refractivity contribution in [2.45, 2.75) is 44.8 Å². The largest absolute Gasteiger partial charge is 0.459 e. The maximum absolute atomic E-state index is 13.0. The molecule has 6 nitrogen and oxygen atoms in total. The molecule has 1 atom stereocenters. The van der Waals surface area contributed by atoms with Crippen LogP contribution in [-0.2, 0) is 4.74 Å². The van der Waals surface area contributed by atoms with Gasteiger partial charge in [0.25, 0.3) is 11.8 Å². The standard InChI is InChI=1S/C23H28N2O4/c1-17-7-2-5-10-20(17)22(26)24-12-14-28-19(15-24)16-25(18-8-3-4-9-18)23(27)21-11-6-13-29-21/h2,5-7,10-11,13,18-19H,3-4,8-9,12,14-16H2,1H3. The summed E-state index contributed by atoms with van der Waals surface area (Å²) >= 11 is 0. The first-order chi connectivity index (χ1) is 14.1. The second kappa shape index (κ2) is 8.82. The number of rotatable bonds is 5. The van der Waals surface area contributed by atoms with E-state index in [4.69, 9.17) is 9.15 Å². The number of benzene rings is 1. The van der Waals surface area contributed by atoms with E-state index in [0.29, 0.717) is 32.0 Å². The molecule has 1 saturated carbocycles. The Morgan fingerprint density at radius 2 is 1.93 bits per heavy atom. The van der Waals surface area contributed by atoms with Crippen molar-refractivity contribution < 1.29 is 18.7 Å². The third-order valence-electron chi connectivity index (χ3n) is 5.96. The Morgan fingerprint density at radius 1 is 1.14 bits per heavy atom. The third kappa shape index (κ3) is 4.37. The lowest BCUT2D eigenvalue weighted by molar-refractivity contribution is -0.0374. The highest BCUT2D eigenvalue weighted by molar-refractivity contribution is 5.95. The van der Waals surface area contributed by atoms with Gasteiger partial charge in [-0.15, -0.1) is 0 Å². The van der Waals surface area contributed by atoms with Gasteiger partial charge < -0.3 is 19.0 Å². The molecule has 0 spiro atoms. The maximum Gasteiger partial charge on any atom is 0.289 e. The number of furan rings is 1. The molecule has 1 aliphatic heterocycles. The molecule has 1 aliphatic carbocycles. The van der Waals surface area contributed by atoms with E-state index in [1.807, 2.05) is 41.0 Å². The zero-order chi connectivity index (χ0) is 20.2. The number of carbonyl (C=O) groups is 2. The van der Waals surface area contributed by atoms with Gasteiger partial charge >= 0.3 is 0 Å². The van der Waals surface area contributed by atoms with Gasteiger partial charge in [-0.25, -0.2) is 0 Å². The van der Waals surface area contributed by atoms with Crippen molar-refractivity contribution in [1.82, 2.24) is 9.80 Å². The SMILES string of the molecule is Cc1ccccc1C(=O)N1CCOC(CN(C(=O)c2ccco2)C2CCCC2)C1. The molecule has 2 fully saturated rings. The van der Waals surface area contributed by atoms with Crippen LogP contribution in [0.1, 0.15) is 52.2 Å². The molecule has 2 aliphatic rings. The third-order valence-corrected chi connectivity index (χ3v) is 5.96. The minimum Gasteiger partial charge on any atom is -0.459 e. The van der Waals surface area contributed by atoms with Crippen LogP contribution < -0.4 is 0 Å². The van der Waals surface area contributed by atoms with Gasteiger partial charge in [0.2, 0.25) is 0 Å². The highest BCUT2D eigenvalue weighted by Gasteiger charge is 2.33. The summed E-state index contributed by atoms with van der Waals surface area (Å²) in [5, 5.41) is 0. The van der Waals surface area contributed by atoms with Crippen LogP contribution in [0.3, 0.4) is 0 Å². The predicted octanol–water partition coefficient (Wildman–Crippen LogP) is 3.51. The fourth-order valence-electron chi connectivity index (χ4n) is 4.37. The minimum atomic E-state index is -0.198. The molecule has 0 N–H and O–H groups in total. The van der Waals surface area contributed by atoms with E-state index in [2.05, 4.69) is 0 Å². The summed E-state index contributed by atoms with van der Waals surface area (Å²) in [5.41, 5.74) is 1.70. The maximum atomic E-state index is 13.0. The summed E-state index contributed by atoms with van der Waals surface area (Å²) in [4.78, 5) is 29.8. The van der Waals surface area contributed by atoms with Gasteiger partial charge in [-0.2, -0.15) is 0 Å². The lowest BCUT2D eigenvalue weighted by Crippen LogP contribution is -2.52. The first-order valence-electron chi connectivity index (χ1n) is 10.4. The number of hydrogen-bond donors (Lipinski definition) is 0. The summed E-state index contributed by atoms with van der Waals surface area (Å²) in [6.07, 6.45) is 5.61. The van der Waals surface area contributed by atoms with Gasteiger partial charge in [0, 0.05) is 31.2 Å². The second-order valence-electron chi connectivity index (χ2n) is 7.93. The topological polar surface area (TPSA) is 63.0 Å². The average Bonchev–Trinajstić information content (AvgIpc) is 3.46. The smallest absolute Gasteiger partial charge is 0.289 e. The monoisotopic (exact) mass is 396 g/mol. The molecular weight excluding hydrogens is 368 g/mol. The molecule has 1 aromatic carbocycles. The fraction of sp³-hybridized carbons (Fsp3) is 0.478. The molecular formula is C23H28N2O4. The van der Waals surface area contributed by atoms with Crippen LogP contribution in [0, 0.1) is 6.92 Å². The zero-order valence-corrected chi connectivity index (χ0v) is 16.9. The lowest BCUT2D eigenvalue weighted by Gasteiger charge is -2.37. The summed E-state index contributed by atoms with van der Waals surface area (Å²) in [7, 11) is 0. The van der Waals surface area contributed by atoms with E-state index in [1.165, 1.54) is 6.26 Å². The van der Waals surface area contributed by atoms with E-state index in [-0.39, 0.29) is 24.0 Å². The first-order valence-corrected chi connectivity index (χ1v) is 10.4. The molecule has 154 valence electrons. The average molecular weight is 396 g/mol. The molecule has 0 radical (unpaired) electrons. The van der Waals surface area contributed by atoms with Gasteiger partial charge in [0.05, 0.1) is 19.0 Å². The van der Waals surface area contributed by atoms with Crippen LogP contribution in [0.2, 0.25) is 0 Å². The highest BCUT2D eigenvalue weighted by Crippen LogP contribution is 2.26. The Kier molecular flexibility index (Phi) is 6.00. The summed E-state index contributed by atoms with van der Waals surface area (Å²) in [5.74, 6) is 0.301. The number of carbonyl (C=O) groups excluding carboxylic acids is 2. The van der Waals surface area contributed by atoms with Crippen molar-refractivity contribution in [3.05, 3.63) is 59.5 Å². The minimum absolute atomic E-state index is 0.0289. The van der Waals surface area contributed by atoms with Crippen molar-refractivity contribution in [2.75, 3.05) is 26.2 Å². The Bertz CT molecular complexity index is 842. The van der Waals surface area contributed by atoms with E-state index in [9.17, 15) is 9.59 Å². The van der Waals surface area contributed by atoms with Crippen molar-refractivity contribution in [2.24, 2.45) is 0 Å². The van der Waals surface area contributed by atoms with Crippen LogP contribution in [0.15, 0.2) is 47.1 Å². The number of amides is 2. The highest BCUT2D eigenvalue weighted by atomic mass is 16.5. The lowest BCUT2D eigenvalue weighted by atomic mass is 10.1. The molecule has 2 aromatic rings. The second-order valence-corrected chi connectivity index (χ2v) is 7.93. The van der Waals surface area contributed by atoms with Crippen molar-refractivity contribution in [3.63, 3.8) is 0 Å². The molecule has 1 unspecified atom stereocenters. The van der Waals surface area contributed by atoms with Gasteiger partial charge in [-0.05, 0) is 43.5 Å². The molecule has 1 aromatic heterocycles. The molecule has 29 heavy (non-hydrogen) atoms. The van der Waals surface area contributed by atoms with E-state index in [1.54, 1.807) is 12.1 Å². The fourth-order valence-corrected chi connectivity index (χ4v) is 4.37. The normalized spacial score (nSPS) is 20.0. The van der Waals surface area contributed by atoms with Crippen LogP contribution in [0.4, 0.5) is 0 Å². The molecule has 6 heteroatoms. The van der Waals surface area contributed by atoms with Gasteiger partial charge in [-0.1, -0.05) is 31.0 Å². The van der Waals surface area contributed by atoms with Crippen LogP contribution in [0.5, 0.6) is 0 Å². The van der Waals surface area contributed by atoms with Crippen molar-refractivity contribution in [1.29, 1.82) is 0 Å². The van der Waals surface area contributed by atoms with Crippen LogP contribution >= 0.6 is 0 Å². The van der Waals surface area contributed by atoms with Crippen molar-refractivity contribution in [3.8, 4) is 0 Å². The first kappa shape index (κ1) is 19.7. The van der Waals surface area contributed by atoms with E-state index in [0.717, 1.165) is 36.8 Å². The summed E-state index contributed by atoms with van der Waals surface area (Å²) in [6, 6.07) is 11.3. The van der Waals surface area contributed by atoms with Crippen LogP contribution in [0.25, 0.3) is 0 Å². The molecule has 2 amide bonds. The zero-order valence-electron chi connectivity index (χ0n) is 16.9. The van der Waals surface area contributed by atoms with Crippen LogP contribution in [-0.4, -0.2) is 60.0 Å². The Hall–Kier alpha value is -2.60.